The largest absolute Gasteiger partial charge is 0.357 e. The molecule has 0 heterocycles. The highest BCUT2D eigenvalue weighted by molar-refractivity contribution is 7.99. The third kappa shape index (κ3) is 7.04. The maximum atomic E-state index is 12.8. The summed E-state index contributed by atoms with van der Waals surface area (Å²) in [6, 6.07) is 14.4. The first-order valence-corrected chi connectivity index (χ1v) is 10.8. The van der Waals surface area contributed by atoms with E-state index in [4.69, 9.17) is 23.2 Å². The van der Waals surface area contributed by atoms with Crippen molar-refractivity contribution >= 4 is 46.8 Å². The molecule has 2 aromatic rings. The van der Waals surface area contributed by atoms with E-state index < -0.39 is 6.04 Å². The standard InChI is InChI=1S/C21H24Cl2N2O2S/c1-15(21(27)24-2)25(14-16-5-3-6-18(23)13-16)20(26)7-4-12-28-19-10-8-17(22)9-11-19/h3,5-6,8-11,13,15H,4,7,12,14H2,1-2H3,(H,24,27)/t15-/m0/s1. The molecular formula is C21H24Cl2N2O2S. The van der Waals surface area contributed by atoms with Crippen LogP contribution >= 0.6 is 35.0 Å². The Bertz CT molecular complexity index is 799. The first kappa shape index (κ1) is 22.6. The predicted molar refractivity (Wildman–Crippen MR) is 117 cm³/mol. The maximum absolute atomic E-state index is 12.8. The average molecular weight is 439 g/mol. The summed E-state index contributed by atoms with van der Waals surface area (Å²) in [6.45, 7) is 2.09. The molecule has 2 amide bonds. The number of carbonyl (C=O) groups is 2. The molecule has 0 unspecified atom stereocenters. The third-order valence-electron chi connectivity index (χ3n) is 4.27. The Labute approximate surface area is 180 Å². The van der Waals surface area contributed by atoms with Gasteiger partial charge in [0.25, 0.3) is 0 Å². The fourth-order valence-corrected chi connectivity index (χ4v) is 3.90. The fraction of sp³-hybridized carbons (Fsp3) is 0.333. The van der Waals surface area contributed by atoms with Crippen molar-refractivity contribution in [1.82, 2.24) is 10.2 Å². The van der Waals surface area contributed by atoms with Crippen molar-refractivity contribution in [2.45, 2.75) is 37.2 Å². The summed E-state index contributed by atoms with van der Waals surface area (Å²) >= 11 is 13.6. The number of rotatable bonds is 9. The summed E-state index contributed by atoms with van der Waals surface area (Å²) in [5.74, 6) is 0.575. The van der Waals surface area contributed by atoms with E-state index in [2.05, 4.69) is 5.32 Å². The van der Waals surface area contributed by atoms with Crippen LogP contribution in [0.15, 0.2) is 53.4 Å². The monoisotopic (exact) mass is 438 g/mol. The van der Waals surface area contributed by atoms with Gasteiger partial charge in [-0.3, -0.25) is 9.59 Å². The maximum Gasteiger partial charge on any atom is 0.242 e. The van der Waals surface area contributed by atoms with E-state index in [0.717, 1.165) is 22.6 Å². The van der Waals surface area contributed by atoms with Crippen LogP contribution in [0, 0.1) is 0 Å². The Morgan fingerprint density at radius 1 is 1.11 bits per heavy atom. The average Bonchev–Trinajstić information content (AvgIpc) is 2.69. The number of benzene rings is 2. The van der Waals surface area contributed by atoms with Crippen LogP contribution in [0.3, 0.4) is 0 Å². The molecule has 0 radical (unpaired) electrons. The molecule has 1 N–H and O–H groups in total. The molecule has 0 aliphatic carbocycles. The van der Waals surface area contributed by atoms with E-state index in [-0.39, 0.29) is 11.8 Å². The number of carbonyl (C=O) groups excluding carboxylic acids is 2. The van der Waals surface area contributed by atoms with Gasteiger partial charge in [-0.1, -0.05) is 35.3 Å². The van der Waals surface area contributed by atoms with Crippen LogP contribution in [0.5, 0.6) is 0 Å². The summed E-state index contributed by atoms with van der Waals surface area (Å²) in [6.07, 6.45) is 1.10. The summed E-state index contributed by atoms with van der Waals surface area (Å²) in [4.78, 5) is 27.7. The summed E-state index contributed by atoms with van der Waals surface area (Å²) in [5.41, 5.74) is 0.896. The Kier molecular flexibility index (Phi) is 9.16. The van der Waals surface area contributed by atoms with Gasteiger partial charge in [0, 0.05) is 35.0 Å². The predicted octanol–water partition coefficient (Wildman–Crippen LogP) is 5.03. The molecular weight excluding hydrogens is 415 g/mol. The second-order valence-electron chi connectivity index (χ2n) is 6.35. The van der Waals surface area contributed by atoms with Crippen LogP contribution in [0.2, 0.25) is 10.0 Å². The van der Waals surface area contributed by atoms with Gasteiger partial charge in [-0.05, 0) is 61.1 Å². The highest BCUT2D eigenvalue weighted by Crippen LogP contribution is 2.22. The van der Waals surface area contributed by atoms with Gasteiger partial charge in [-0.25, -0.2) is 0 Å². The molecule has 0 aromatic heterocycles. The Morgan fingerprint density at radius 3 is 2.46 bits per heavy atom. The normalized spacial score (nSPS) is 11.7. The molecule has 1 atom stereocenters. The minimum Gasteiger partial charge on any atom is -0.357 e. The molecule has 28 heavy (non-hydrogen) atoms. The SMILES string of the molecule is CNC(=O)[C@H](C)N(Cc1cccc(Cl)c1)C(=O)CCCSc1ccc(Cl)cc1. The molecule has 4 nitrogen and oxygen atoms in total. The van der Waals surface area contributed by atoms with Gasteiger partial charge in [0.15, 0.2) is 0 Å². The molecule has 0 spiro atoms. The van der Waals surface area contributed by atoms with Crippen molar-refractivity contribution in [2.24, 2.45) is 0 Å². The smallest absolute Gasteiger partial charge is 0.242 e. The lowest BCUT2D eigenvalue weighted by Crippen LogP contribution is -2.46. The lowest BCUT2D eigenvalue weighted by Gasteiger charge is -2.28. The van der Waals surface area contributed by atoms with Crippen molar-refractivity contribution in [2.75, 3.05) is 12.8 Å². The van der Waals surface area contributed by atoms with Crippen LogP contribution in [0.4, 0.5) is 0 Å². The Hall–Kier alpha value is -1.69. The number of halogens is 2. The van der Waals surface area contributed by atoms with Crippen molar-refractivity contribution in [3.63, 3.8) is 0 Å². The quantitative estimate of drug-likeness (QED) is 0.441. The van der Waals surface area contributed by atoms with Gasteiger partial charge in [-0.2, -0.15) is 0 Å². The number of hydrogen-bond donors (Lipinski definition) is 1. The number of hydrogen-bond acceptors (Lipinski definition) is 3. The second-order valence-corrected chi connectivity index (χ2v) is 8.39. The molecule has 2 aromatic carbocycles. The van der Waals surface area contributed by atoms with Crippen LogP contribution in [0.1, 0.15) is 25.3 Å². The van der Waals surface area contributed by atoms with Gasteiger partial charge >= 0.3 is 0 Å². The van der Waals surface area contributed by atoms with E-state index >= 15 is 0 Å². The van der Waals surface area contributed by atoms with E-state index in [1.54, 1.807) is 36.7 Å². The highest BCUT2D eigenvalue weighted by atomic mass is 35.5. The number of thioether (sulfide) groups is 1. The third-order valence-corrected chi connectivity index (χ3v) is 5.86. The van der Waals surface area contributed by atoms with Crippen molar-refractivity contribution < 1.29 is 9.59 Å². The van der Waals surface area contributed by atoms with Crippen LogP contribution in [-0.2, 0) is 16.1 Å². The van der Waals surface area contributed by atoms with Crippen LogP contribution in [-0.4, -0.2) is 35.6 Å². The zero-order valence-electron chi connectivity index (χ0n) is 16.0. The van der Waals surface area contributed by atoms with Crippen molar-refractivity contribution in [1.29, 1.82) is 0 Å². The molecule has 0 aliphatic rings. The Balaban J connectivity index is 1.95. The first-order valence-electron chi connectivity index (χ1n) is 9.04. The summed E-state index contributed by atoms with van der Waals surface area (Å²) in [5, 5.41) is 3.93. The molecule has 2 rings (SSSR count). The zero-order valence-corrected chi connectivity index (χ0v) is 18.3. The summed E-state index contributed by atoms with van der Waals surface area (Å²) < 4.78 is 0. The van der Waals surface area contributed by atoms with Gasteiger partial charge in [0.2, 0.25) is 11.8 Å². The summed E-state index contributed by atoms with van der Waals surface area (Å²) in [7, 11) is 1.57. The second kappa shape index (κ2) is 11.3. The van der Waals surface area contributed by atoms with Crippen LogP contribution < -0.4 is 5.32 Å². The highest BCUT2D eigenvalue weighted by Gasteiger charge is 2.25. The molecule has 0 fully saturated rings. The van der Waals surface area contributed by atoms with E-state index in [1.165, 1.54) is 0 Å². The Morgan fingerprint density at radius 2 is 1.82 bits per heavy atom. The van der Waals surface area contributed by atoms with Gasteiger partial charge in [0.05, 0.1) is 0 Å². The molecule has 0 bridgehead atoms. The molecule has 150 valence electrons. The lowest BCUT2D eigenvalue weighted by atomic mass is 10.1. The molecule has 0 saturated heterocycles. The number of likely N-dealkylation sites (N-methyl/N-ethyl adjacent to an activating group) is 1. The first-order chi connectivity index (χ1) is 13.4. The molecule has 0 saturated carbocycles. The van der Waals surface area contributed by atoms with Crippen LogP contribution in [0.25, 0.3) is 0 Å². The fourth-order valence-electron chi connectivity index (χ4n) is 2.71. The number of nitrogens with zero attached hydrogens (tertiary/aromatic N) is 1. The van der Waals surface area contributed by atoms with Gasteiger partial charge in [-0.15, -0.1) is 11.8 Å². The van der Waals surface area contributed by atoms with E-state index in [1.807, 2.05) is 42.5 Å². The van der Waals surface area contributed by atoms with Gasteiger partial charge < -0.3 is 10.2 Å². The number of nitrogens with one attached hydrogen (secondary N) is 1. The topological polar surface area (TPSA) is 49.4 Å². The van der Waals surface area contributed by atoms with E-state index in [0.29, 0.717) is 23.0 Å². The minimum atomic E-state index is -0.555. The minimum absolute atomic E-state index is 0.0484. The van der Waals surface area contributed by atoms with Crippen molar-refractivity contribution in [3.05, 3.63) is 64.1 Å². The number of amides is 2. The van der Waals surface area contributed by atoms with Gasteiger partial charge in [0.1, 0.15) is 6.04 Å². The lowest BCUT2D eigenvalue weighted by molar-refractivity contribution is -0.140. The van der Waals surface area contributed by atoms with Crippen molar-refractivity contribution in [3.8, 4) is 0 Å². The molecule has 7 heteroatoms. The molecule has 0 aliphatic heterocycles. The zero-order chi connectivity index (χ0) is 20.5. The van der Waals surface area contributed by atoms with E-state index in [9.17, 15) is 9.59 Å².